The Morgan fingerprint density at radius 3 is 2.65 bits per heavy atom. The minimum Gasteiger partial charge on any atom is -0.377 e. The molecular weight excluding hydrogens is 214 g/mol. The van der Waals surface area contributed by atoms with Crippen molar-refractivity contribution in [2.24, 2.45) is 0 Å². The number of ether oxygens (including phenoxy) is 1. The van der Waals surface area contributed by atoms with Crippen LogP contribution in [0, 0.1) is 0 Å². The Morgan fingerprint density at radius 1 is 1.29 bits per heavy atom. The fourth-order valence-electron chi connectivity index (χ4n) is 1.56. The van der Waals surface area contributed by atoms with E-state index in [1.54, 1.807) is 4.90 Å². The van der Waals surface area contributed by atoms with Crippen LogP contribution in [0.2, 0.25) is 0 Å². The molecule has 1 rings (SSSR count). The highest BCUT2D eigenvalue weighted by Gasteiger charge is 2.04. The first-order valence-corrected chi connectivity index (χ1v) is 6.09. The zero-order chi connectivity index (χ0) is 12.5. The molecule has 94 valence electrons. The first-order chi connectivity index (χ1) is 8.24. The fourth-order valence-corrected chi connectivity index (χ4v) is 1.56. The highest BCUT2D eigenvalue weighted by Crippen LogP contribution is 2.01. The Hall–Kier alpha value is -1.35. The molecule has 0 unspecified atom stereocenters. The maximum atomic E-state index is 11.3. The van der Waals surface area contributed by atoms with Crippen LogP contribution in [-0.4, -0.2) is 31.0 Å². The minimum absolute atomic E-state index is 0.188. The van der Waals surface area contributed by atoms with E-state index in [1.165, 1.54) is 5.56 Å². The summed E-state index contributed by atoms with van der Waals surface area (Å²) in [5.41, 5.74) is 1.19. The van der Waals surface area contributed by atoms with Crippen molar-refractivity contribution in [3.8, 4) is 0 Å². The maximum Gasteiger partial charge on any atom is 0.222 e. The molecule has 0 aliphatic heterocycles. The predicted molar refractivity (Wildman–Crippen MR) is 68.6 cm³/mol. The zero-order valence-corrected chi connectivity index (χ0v) is 10.7. The average Bonchev–Trinajstić information content (AvgIpc) is 2.38. The second-order valence-corrected chi connectivity index (χ2v) is 4.06. The van der Waals surface area contributed by atoms with Gasteiger partial charge in [0.2, 0.25) is 5.91 Å². The van der Waals surface area contributed by atoms with Crippen LogP contribution in [0.25, 0.3) is 0 Å². The number of nitrogens with zero attached hydrogens (tertiary/aromatic N) is 1. The number of hydrogen-bond donors (Lipinski definition) is 0. The average molecular weight is 235 g/mol. The quantitative estimate of drug-likeness (QED) is 0.679. The van der Waals surface area contributed by atoms with E-state index in [0.29, 0.717) is 19.6 Å². The molecule has 0 saturated carbocycles. The predicted octanol–water partition coefficient (Wildman–Crippen LogP) is 2.46. The normalized spacial score (nSPS) is 10.2. The van der Waals surface area contributed by atoms with Crippen molar-refractivity contribution >= 4 is 5.91 Å². The molecule has 1 aromatic rings. The topological polar surface area (TPSA) is 29.5 Å². The number of rotatable bonds is 7. The fraction of sp³-hybridized carbons (Fsp3) is 0.500. The molecule has 0 N–H and O–H groups in total. The molecule has 3 nitrogen and oxygen atoms in total. The van der Waals surface area contributed by atoms with Crippen LogP contribution in [0.15, 0.2) is 30.3 Å². The van der Waals surface area contributed by atoms with Crippen molar-refractivity contribution in [2.75, 3.05) is 20.2 Å². The van der Waals surface area contributed by atoms with Crippen molar-refractivity contribution in [2.45, 2.75) is 26.4 Å². The van der Waals surface area contributed by atoms with Crippen LogP contribution >= 0.6 is 0 Å². The summed E-state index contributed by atoms with van der Waals surface area (Å²) in [5.74, 6) is 0.188. The van der Waals surface area contributed by atoms with Crippen molar-refractivity contribution in [1.29, 1.82) is 0 Å². The Balaban J connectivity index is 2.07. The third kappa shape index (κ3) is 5.50. The van der Waals surface area contributed by atoms with Gasteiger partial charge >= 0.3 is 0 Å². The molecule has 0 atom stereocenters. The van der Waals surface area contributed by atoms with Crippen LogP contribution in [0.3, 0.4) is 0 Å². The second-order valence-electron chi connectivity index (χ2n) is 4.06. The van der Waals surface area contributed by atoms with Crippen LogP contribution in [0.1, 0.15) is 25.3 Å². The molecule has 0 aromatic heterocycles. The van der Waals surface area contributed by atoms with Gasteiger partial charge in [0, 0.05) is 26.6 Å². The summed E-state index contributed by atoms with van der Waals surface area (Å²) >= 11 is 0. The molecule has 3 heteroatoms. The number of carbonyl (C=O) groups excluding carboxylic acids is 1. The summed E-state index contributed by atoms with van der Waals surface area (Å²) in [7, 11) is 1.84. The van der Waals surface area contributed by atoms with Crippen molar-refractivity contribution < 1.29 is 9.53 Å². The van der Waals surface area contributed by atoms with Crippen LogP contribution in [0.4, 0.5) is 0 Å². The lowest BCUT2D eigenvalue weighted by atomic mass is 10.2. The van der Waals surface area contributed by atoms with E-state index in [0.717, 1.165) is 13.0 Å². The van der Waals surface area contributed by atoms with Gasteiger partial charge in [-0.1, -0.05) is 37.3 Å². The molecule has 0 aliphatic carbocycles. The van der Waals surface area contributed by atoms with E-state index in [1.807, 2.05) is 44.3 Å². The summed E-state index contributed by atoms with van der Waals surface area (Å²) in [6, 6.07) is 10.1. The smallest absolute Gasteiger partial charge is 0.222 e. The molecule has 0 saturated heterocycles. The van der Waals surface area contributed by atoms with Gasteiger partial charge in [-0.25, -0.2) is 0 Å². The lowest BCUT2D eigenvalue weighted by molar-refractivity contribution is -0.129. The Morgan fingerprint density at radius 2 is 2.00 bits per heavy atom. The second kappa shape index (κ2) is 7.85. The monoisotopic (exact) mass is 235 g/mol. The number of hydrogen-bond acceptors (Lipinski definition) is 2. The molecule has 0 fully saturated rings. The summed E-state index contributed by atoms with van der Waals surface area (Å²) in [6.07, 6.45) is 1.45. The molecule has 0 radical (unpaired) electrons. The van der Waals surface area contributed by atoms with Gasteiger partial charge in [-0.15, -0.1) is 0 Å². The third-order valence-corrected chi connectivity index (χ3v) is 2.62. The summed E-state index contributed by atoms with van der Waals surface area (Å²) in [6.45, 7) is 3.98. The lowest BCUT2D eigenvalue weighted by Crippen LogP contribution is -2.27. The van der Waals surface area contributed by atoms with Crippen LogP contribution in [0.5, 0.6) is 0 Å². The molecule has 17 heavy (non-hydrogen) atoms. The van der Waals surface area contributed by atoms with Crippen molar-refractivity contribution in [3.63, 3.8) is 0 Å². The van der Waals surface area contributed by atoms with E-state index in [-0.39, 0.29) is 5.91 Å². The summed E-state index contributed by atoms with van der Waals surface area (Å²) < 4.78 is 5.55. The third-order valence-electron chi connectivity index (χ3n) is 2.62. The maximum absolute atomic E-state index is 11.3. The Kier molecular flexibility index (Phi) is 6.33. The van der Waals surface area contributed by atoms with Crippen molar-refractivity contribution in [3.05, 3.63) is 35.9 Å². The molecule has 0 spiro atoms. The lowest BCUT2D eigenvalue weighted by Gasteiger charge is -2.15. The molecule has 1 amide bonds. The van der Waals surface area contributed by atoms with E-state index < -0.39 is 0 Å². The molecular formula is C14H21NO2. The Labute approximate surface area is 103 Å². The summed E-state index contributed by atoms with van der Waals surface area (Å²) in [4.78, 5) is 13.0. The SMILES string of the molecule is CCC(=O)N(C)CCCOCc1ccccc1. The van der Waals surface area contributed by atoms with Gasteiger partial charge in [0.15, 0.2) is 0 Å². The van der Waals surface area contributed by atoms with Gasteiger partial charge in [0.05, 0.1) is 6.61 Å². The molecule has 0 aliphatic rings. The molecule has 0 heterocycles. The minimum atomic E-state index is 0.188. The van der Waals surface area contributed by atoms with Gasteiger partial charge in [0.1, 0.15) is 0 Å². The Bertz CT molecular complexity index is 324. The van der Waals surface area contributed by atoms with E-state index in [9.17, 15) is 4.79 Å². The highest BCUT2D eigenvalue weighted by atomic mass is 16.5. The van der Waals surface area contributed by atoms with E-state index in [2.05, 4.69) is 0 Å². The van der Waals surface area contributed by atoms with Crippen LogP contribution < -0.4 is 0 Å². The highest BCUT2D eigenvalue weighted by molar-refractivity contribution is 5.75. The van der Waals surface area contributed by atoms with Gasteiger partial charge in [-0.2, -0.15) is 0 Å². The van der Waals surface area contributed by atoms with E-state index >= 15 is 0 Å². The molecule has 1 aromatic carbocycles. The van der Waals surface area contributed by atoms with Gasteiger partial charge in [0.25, 0.3) is 0 Å². The first kappa shape index (κ1) is 13.7. The van der Waals surface area contributed by atoms with Gasteiger partial charge in [-0.3, -0.25) is 4.79 Å². The zero-order valence-electron chi connectivity index (χ0n) is 10.7. The van der Waals surface area contributed by atoms with Gasteiger partial charge < -0.3 is 9.64 Å². The number of carbonyl (C=O) groups is 1. The first-order valence-electron chi connectivity index (χ1n) is 6.09. The summed E-state index contributed by atoms with van der Waals surface area (Å²) in [5, 5.41) is 0. The largest absolute Gasteiger partial charge is 0.377 e. The van der Waals surface area contributed by atoms with Gasteiger partial charge in [-0.05, 0) is 12.0 Å². The number of amides is 1. The van der Waals surface area contributed by atoms with Crippen molar-refractivity contribution in [1.82, 2.24) is 4.90 Å². The van der Waals surface area contributed by atoms with E-state index in [4.69, 9.17) is 4.74 Å². The molecule has 0 bridgehead atoms. The number of benzene rings is 1. The van der Waals surface area contributed by atoms with Crippen LogP contribution in [-0.2, 0) is 16.1 Å². The standard InChI is InChI=1S/C14H21NO2/c1-3-14(16)15(2)10-7-11-17-12-13-8-5-4-6-9-13/h4-6,8-9H,3,7,10-12H2,1-2H3.